The van der Waals surface area contributed by atoms with Gasteiger partial charge in [0.25, 0.3) is 0 Å². The molecule has 0 aromatic carbocycles. The van der Waals surface area contributed by atoms with Crippen molar-refractivity contribution in [1.82, 2.24) is 0 Å². The van der Waals surface area contributed by atoms with Gasteiger partial charge in [0.15, 0.2) is 5.78 Å². The predicted molar refractivity (Wildman–Crippen MR) is 145 cm³/mol. The molecule has 36 heavy (non-hydrogen) atoms. The lowest BCUT2D eigenvalue weighted by Crippen LogP contribution is -2.66. The number of carbonyl (C=O) groups excluding carboxylic acids is 2. The van der Waals surface area contributed by atoms with Crippen molar-refractivity contribution in [3.63, 3.8) is 0 Å². The molecule has 5 rings (SSSR count). The number of esters is 1. The summed E-state index contributed by atoms with van der Waals surface area (Å²) in [6, 6.07) is 0. The Morgan fingerprint density at radius 3 is 2.28 bits per heavy atom. The molecule has 0 saturated heterocycles. The van der Waals surface area contributed by atoms with Crippen molar-refractivity contribution >= 4 is 11.8 Å². The Labute approximate surface area is 220 Å². The van der Waals surface area contributed by atoms with Gasteiger partial charge >= 0.3 is 5.97 Å². The largest absolute Gasteiger partial charge is 0.466 e. The molecule has 0 aliphatic heterocycles. The highest BCUT2D eigenvalue weighted by atomic mass is 16.5. The first-order valence-corrected chi connectivity index (χ1v) is 15.0. The number of ether oxygens (including phenoxy) is 1. The minimum atomic E-state index is -0.490. The van der Waals surface area contributed by atoms with Gasteiger partial charge in [0.1, 0.15) is 0 Å². The van der Waals surface area contributed by atoms with Crippen LogP contribution in [-0.4, -0.2) is 18.4 Å². The Bertz CT molecular complexity index is 989. The van der Waals surface area contributed by atoms with Crippen LogP contribution in [0.15, 0.2) is 11.6 Å². The van der Waals surface area contributed by atoms with Gasteiger partial charge < -0.3 is 4.74 Å². The Morgan fingerprint density at radius 1 is 0.944 bits per heavy atom. The molecule has 0 N–H and O–H groups in total. The fourth-order valence-corrected chi connectivity index (χ4v) is 10.8. The van der Waals surface area contributed by atoms with Gasteiger partial charge in [-0.3, -0.25) is 9.59 Å². The summed E-state index contributed by atoms with van der Waals surface area (Å²) in [5, 5.41) is 0. The zero-order chi connectivity index (χ0) is 26.5. The third-order valence-electron chi connectivity index (χ3n) is 13.6. The third-order valence-corrected chi connectivity index (χ3v) is 13.6. The fourth-order valence-electron chi connectivity index (χ4n) is 10.8. The van der Waals surface area contributed by atoms with Gasteiger partial charge in [-0.05, 0) is 116 Å². The van der Waals surface area contributed by atoms with E-state index in [1.807, 2.05) is 6.92 Å². The van der Waals surface area contributed by atoms with Gasteiger partial charge in [0.05, 0.1) is 12.0 Å². The number of carbonyl (C=O) groups is 2. The normalized spacial score (nSPS) is 49.0. The molecule has 0 amide bonds. The van der Waals surface area contributed by atoms with Gasteiger partial charge in [-0.1, -0.05) is 61.0 Å². The van der Waals surface area contributed by atoms with Crippen molar-refractivity contribution < 1.29 is 14.3 Å². The average molecular weight is 497 g/mol. The number of rotatable bonds is 2. The van der Waals surface area contributed by atoms with E-state index in [0.717, 1.165) is 38.5 Å². The van der Waals surface area contributed by atoms with Gasteiger partial charge in [-0.2, -0.15) is 0 Å². The summed E-state index contributed by atoms with van der Waals surface area (Å²) in [6.07, 6.45) is 11.7. The predicted octanol–water partition coefficient (Wildman–Crippen LogP) is 8.17. The van der Waals surface area contributed by atoms with Gasteiger partial charge in [-0.25, -0.2) is 0 Å². The van der Waals surface area contributed by atoms with Crippen LogP contribution in [0.4, 0.5) is 0 Å². The van der Waals surface area contributed by atoms with Crippen LogP contribution in [0.1, 0.15) is 120 Å². The molecule has 0 aromatic heterocycles. The van der Waals surface area contributed by atoms with Gasteiger partial charge in [0, 0.05) is 5.92 Å². The van der Waals surface area contributed by atoms with E-state index in [9.17, 15) is 9.59 Å². The van der Waals surface area contributed by atoms with E-state index in [1.165, 1.54) is 24.8 Å². The Balaban J connectivity index is 1.64. The molecule has 0 spiro atoms. The van der Waals surface area contributed by atoms with E-state index >= 15 is 0 Å². The molecule has 5 aliphatic rings. The monoisotopic (exact) mass is 496 g/mol. The molecule has 4 fully saturated rings. The van der Waals surface area contributed by atoms with E-state index in [0.29, 0.717) is 24.2 Å². The average Bonchev–Trinajstić information content (AvgIpc) is 2.78. The second kappa shape index (κ2) is 7.95. The highest BCUT2D eigenvalue weighted by molar-refractivity contribution is 5.96. The van der Waals surface area contributed by atoms with E-state index in [-0.39, 0.29) is 44.9 Å². The summed E-state index contributed by atoms with van der Waals surface area (Å²) in [5.74, 6) is 1.62. The molecule has 0 heterocycles. The molecule has 5 aliphatic carbocycles. The Kier molecular flexibility index (Phi) is 5.85. The molecule has 0 aromatic rings. The van der Waals surface area contributed by atoms with Crippen LogP contribution >= 0.6 is 0 Å². The molecular weight excluding hydrogens is 444 g/mol. The van der Waals surface area contributed by atoms with E-state index in [2.05, 4.69) is 61.5 Å². The minimum absolute atomic E-state index is 0.00982. The highest BCUT2D eigenvalue weighted by Crippen LogP contribution is 2.75. The molecular formula is C33H52O3. The van der Waals surface area contributed by atoms with Crippen LogP contribution in [0.25, 0.3) is 0 Å². The molecule has 4 saturated carbocycles. The number of hydrogen-bond donors (Lipinski definition) is 0. The first-order chi connectivity index (χ1) is 16.6. The Morgan fingerprint density at radius 2 is 1.61 bits per heavy atom. The van der Waals surface area contributed by atoms with Crippen molar-refractivity contribution in [3.8, 4) is 0 Å². The number of ketones is 1. The standard InChI is InChI=1S/C33H52O3/c1-10-36-27(35)33-17-15-28(3,4)20-22(33)26-23(34)19-25-30(7)13-11-21(2)29(5,6)24(30)12-14-31(25,8)32(26,9)16-18-33/h19,21-22,24,26H,10-18,20H2,1-9H3/t21-,22-,24-,26?,30-,31+,32+,33-/m0/s1. The zero-order valence-electron chi connectivity index (χ0n) is 24.7. The zero-order valence-corrected chi connectivity index (χ0v) is 24.7. The highest BCUT2D eigenvalue weighted by Gasteiger charge is 2.70. The van der Waals surface area contributed by atoms with Crippen LogP contribution < -0.4 is 0 Å². The van der Waals surface area contributed by atoms with Gasteiger partial charge in [-0.15, -0.1) is 0 Å². The van der Waals surface area contributed by atoms with Crippen molar-refractivity contribution in [3.05, 3.63) is 11.6 Å². The lowest BCUT2D eigenvalue weighted by molar-refractivity contribution is -0.195. The van der Waals surface area contributed by atoms with Crippen molar-refractivity contribution in [1.29, 1.82) is 0 Å². The van der Waals surface area contributed by atoms with Crippen molar-refractivity contribution in [2.75, 3.05) is 6.61 Å². The molecule has 3 nitrogen and oxygen atoms in total. The second-order valence-corrected chi connectivity index (χ2v) is 15.8. The maximum absolute atomic E-state index is 14.4. The second-order valence-electron chi connectivity index (χ2n) is 15.8. The van der Waals surface area contributed by atoms with E-state index in [1.54, 1.807) is 0 Å². The summed E-state index contributed by atoms with van der Waals surface area (Å²) in [7, 11) is 0. The lowest BCUT2D eigenvalue weighted by Gasteiger charge is -2.70. The van der Waals surface area contributed by atoms with Crippen LogP contribution in [-0.2, 0) is 14.3 Å². The first-order valence-electron chi connectivity index (χ1n) is 15.0. The van der Waals surface area contributed by atoms with Crippen LogP contribution in [0.2, 0.25) is 0 Å². The molecule has 202 valence electrons. The summed E-state index contributed by atoms with van der Waals surface area (Å²) in [6.45, 7) is 21.9. The lowest BCUT2D eigenvalue weighted by atomic mass is 9.33. The summed E-state index contributed by atoms with van der Waals surface area (Å²) < 4.78 is 5.74. The van der Waals surface area contributed by atoms with Gasteiger partial charge in [0.2, 0.25) is 0 Å². The summed E-state index contributed by atoms with van der Waals surface area (Å²) in [5.41, 5.74) is 1.41. The molecule has 0 radical (unpaired) electrons. The number of hydrogen-bond acceptors (Lipinski definition) is 3. The maximum atomic E-state index is 14.4. The molecule has 3 heteroatoms. The number of allylic oxidation sites excluding steroid dienone is 2. The third kappa shape index (κ3) is 3.22. The van der Waals surface area contributed by atoms with Crippen LogP contribution in [0, 0.1) is 56.2 Å². The quantitative estimate of drug-likeness (QED) is 0.362. The van der Waals surface area contributed by atoms with Crippen LogP contribution in [0.5, 0.6) is 0 Å². The number of fused-ring (bicyclic) bond motifs is 7. The fraction of sp³-hybridized carbons (Fsp3) is 0.879. The molecule has 8 atom stereocenters. The van der Waals surface area contributed by atoms with Crippen LogP contribution in [0.3, 0.4) is 0 Å². The maximum Gasteiger partial charge on any atom is 0.312 e. The Hall–Kier alpha value is -1.12. The SMILES string of the molecule is CCOC(=O)[C@]12CCC(C)(C)C[C@H]1C1C(=O)C=C3[C@@]4(C)CC[C@H](C)C(C)(C)[C@@H]4CC[C@@]3(C)[C@]1(C)CC2. The molecule has 1 unspecified atom stereocenters. The van der Waals surface area contributed by atoms with E-state index in [4.69, 9.17) is 4.74 Å². The van der Waals surface area contributed by atoms with E-state index < -0.39 is 5.41 Å². The topological polar surface area (TPSA) is 43.4 Å². The van der Waals surface area contributed by atoms with Crippen molar-refractivity contribution in [2.24, 2.45) is 56.2 Å². The summed E-state index contributed by atoms with van der Waals surface area (Å²) >= 11 is 0. The summed E-state index contributed by atoms with van der Waals surface area (Å²) in [4.78, 5) is 28.0. The van der Waals surface area contributed by atoms with Crippen molar-refractivity contribution in [2.45, 2.75) is 120 Å². The smallest absolute Gasteiger partial charge is 0.312 e. The minimum Gasteiger partial charge on any atom is -0.466 e. The first kappa shape index (κ1) is 26.5. The molecule has 0 bridgehead atoms.